The van der Waals surface area contributed by atoms with E-state index in [1.165, 1.54) is 6.07 Å². The van der Waals surface area contributed by atoms with Crippen molar-refractivity contribution in [3.8, 4) is 0 Å². The lowest BCUT2D eigenvalue weighted by Gasteiger charge is -2.28. The fourth-order valence-electron chi connectivity index (χ4n) is 2.89. The van der Waals surface area contributed by atoms with Crippen LogP contribution in [-0.4, -0.2) is 19.0 Å². The van der Waals surface area contributed by atoms with E-state index in [9.17, 15) is 18.0 Å². The summed E-state index contributed by atoms with van der Waals surface area (Å²) >= 11 is 0. The smallest absolute Gasteiger partial charge is 0.349 e. The number of carbonyl (C=O) groups is 1. The lowest BCUT2D eigenvalue weighted by atomic mass is 9.92. The van der Waals surface area contributed by atoms with Crippen LogP contribution in [0.15, 0.2) is 24.3 Å². The van der Waals surface area contributed by atoms with Crippen molar-refractivity contribution < 1.29 is 18.0 Å². The Balaban J connectivity index is 0.00000288. The monoisotopic (exact) mass is 364 g/mol. The Morgan fingerprint density at radius 1 is 1.33 bits per heavy atom. The minimum absolute atomic E-state index is 0. The molecule has 2 rings (SSSR count). The summed E-state index contributed by atoms with van der Waals surface area (Å²) in [6.45, 7) is 5.32. The van der Waals surface area contributed by atoms with Gasteiger partial charge in [0.1, 0.15) is 0 Å². The minimum atomic E-state index is -4.38. The molecule has 2 atom stereocenters. The molecule has 0 radical (unpaired) electrons. The Bertz CT molecular complexity index is 543. The topological polar surface area (TPSA) is 41.1 Å². The molecule has 2 unspecified atom stereocenters. The number of halogens is 4. The predicted molar refractivity (Wildman–Crippen MR) is 90.0 cm³/mol. The molecule has 1 aliphatic heterocycles. The molecule has 0 aliphatic carbocycles. The summed E-state index contributed by atoms with van der Waals surface area (Å²) in [5, 5.41) is 6.11. The largest absolute Gasteiger partial charge is 0.416 e. The number of hydrogen-bond acceptors (Lipinski definition) is 2. The van der Waals surface area contributed by atoms with Gasteiger partial charge in [0.05, 0.1) is 17.5 Å². The van der Waals surface area contributed by atoms with Crippen molar-refractivity contribution >= 4 is 18.3 Å². The first-order chi connectivity index (χ1) is 10.8. The summed E-state index contributed by atoms with van der Waals surface area (Å²) in [6.07, 6.45) is -2.63. The van der Waals surface area contributed by atoms with Crippen molar-refractivity contribution in [3.63, 3.8) is 0 Å². The van der Waals surface area contributed by atoms with Gasteiger partial charge in [0.2, 0.25) is 5.91 Å². The Labute approximate surface area is 146 Å². The van der Waals surface area contributed by atoms with Crippen molar-refractivity contribution in [1.29, 1.82) is 0 Å². The summed E-state index contributed by atoms with van der Waals surface area (Å²) in [4.78, 5) is 12.4. The number of piperidine rings is 1. The Morgan fingerprint density at radius 2 is 2.04 bits per heavy atom. The average molecular weight is 365 g/mol. The zero-order valence-corrected chi connectivity index (χ0v) is 14.6. The zero-order valence-electron chi connectivity index (χ0n) is 13.8. The number of rotatable bonds is 4. The number of alkyl halides is 3. The molecule has 1 saturated heterocycles. The summed E-state index contributed by atoms with van der Waals surface area (Å²) in [5.74, 6) is -0.205. The van der Waals surface area contributed by atoms with Crippen molar-refractivity contribution in [3.05, 3.63) is 35.4 Å². The Kier molecular flexibility index (Phi) is 7.55. The van der Waals surface area contributed by atoms with E-state index in [0.29, 0.717) is 12.1 Å². The van der Waals surface area contributed by atoms with Crippen molar-refractivity contribution in [2.75, 3.05) is 13.1 Å². The summed E-state index contributed by atoms with van der Waals surface area (Å²) in [7, 11) is 0. The second-order valence-electron chi connectivity index (χ2n) is 6.40. The van der Waals surface area contributed by atoms with Gasteiger partial charge >= 0.3 is 6.18 Å². The molecule has 3 nitrogen and oxygen atoms in total. The minimum Gasteiger partial charge on any atom is -0.349 e. The normalized spacial score (nSPS) is 19.5. The summed E-state index contributed by atoms with van der Waals surface area (Å²) in [5.41, 5.74) is -0.193. The molecule has 24 heavy (non-hydrogen) atoms. The van der Waals surface area contributed by atoms with Gasteiger partial charge in [-0.15, -0.1) is 12.4 Å². The van der Waals surface area contributed by atoms with E-state index in [0.717, 1.165) is 31.5 Å². The van der Waals surface area contributed by atoms with Crippen LogP contribution in [0.4, 0.5) is 13.2 Å². The molecule has 1 fully saturated rings. The lowest BCUT2D eigenvalue weighted by molar-refractivity contribution is -0.137. The summed E-state index contributed by atoms with van der Waals surface area (Å²) < 4.78 is 38.7. The Hall–Kier alpha value is -1.27. The second kappa shape index (κ2) is 8.72. The number of nitrogens with one attached hydrogen (secondary N) is 2. The van der Waals surface area contributed by atoms with E-state index >= 15 is 0 Å². The van der Waals surface area contributed by atoms with Crippen LogP contribution in [0.25, 0.3) is 0 Å². The number of carbonyl (C=O) groups excluding carboxylic acids is 1. The molecular formula is C17H24ClF3N2O. The Morgan fingerprint density at radius 3 is 2.58 bits per heavy atom. The number of hydrogen-bond donors (Lipinski definition) is 2. The molecule has 0 bridgehead atoms. The SMILES string of the molecule is CC(C)C(NC(=O)C1CCCNC1)c1cccc(C(F)(F)F)c1.Cl. The summed E-state index contributed by atoms with van der Waals surface area (Å²) in [6, 6.07) is 4.78. The second-order valence-corrected chi connectivity index (χ2v) is 6.40. The van der Waals surface area contributed by atoms with Gasteiger partial charge in [-0.3, -0.25) is 4.79 Å². The van der Waals surface area contributed by atoms with E-state index in [4.69, 9.17) is 0 Å². The van der Waals surface area contributed by atoms with Crippen LogP contribution in [0.1, 0.15) is 43.9 Å². The van der Waals surface area contributed by atoms with Gasteiger partial charge in [-0.25, -0.2) is 0 Å². The highest BCUT2D eigenvalue weighted by Gasteiger charge is 2.32. The maximum absolute atomic E-state index is 12.9. The third-order valence-corrected chi connectivity index (χ3v) is 4.21. The zero-order chi connectivity index (χ0) is 17.0. The van der Waals surface area contributed by atoms with E-state index in [1.54, 1.807) is 6.07 Å². The van der Waals surface area contributed by atoms with Gasteiger partial charge in [-0.1, -0.05) is 26.0 Å². The average Bonchev–Trinajstić information content (AvgIpc) is 2.52. The molecule has 1 amide bonds. The van der Waals surface area contributed by atoms with Crippen LogP contribution in [0.2, 0.25) is 0 Å². The van der Waals surface area contributed by atoms with Crippen LogP contribution in [-0.2, 0) is 11.0 Å². The first-order valence-corrected chi connectivity index (χ1v) is 7.97. The number of benzene rings is 1. The fourth-order valence-corrected chi connectivity index (χ4v) is 2.89. The molecule has 2 N–H and O–H groups in total. The number of amides is 1. The van der Waals surface area contributed by atoms with Gasteiger partial charge in [0.25, 0.3) is 0 Å². The van der Waals surface area contributed by atoms with Crippen LogP contribution >= 0.6 is 12.4 Å². The van der Waals surface area contributed by atoms with Gasteiger partial charge in [-0.2, -0.15) is 13.2 Å². The molecule has 0 spiro atoms. The van der Waals surface area contributed by atoms with Crippen LogP contribution in [0.3, 0.4) is 0 Å². The quantitative estimate of drug-likeness (QED) is 0.849. The maximum Gasteiger partial charge on any atom is 0.416 e. The van der Waals surface area contributed by atoms with E-state index in [1.807, 2.05) is 13.8 Å². The van der Waals surface area contributed by atoms with Crippen LogP contribution in [0.5, 0.6) is 0 Å². The lowest BCUT2D eigenvalue weighted by Crippen LogP contribution is -2.42. The molecule has 1 aliphatic rings. The van der Waals surface area contributed by atoms with Gasteiger partial charge in [-0.05, 0) is 43.0 Å². The van der Waals surface area contributed by atoms with Crippen LogP contribution in [0, 0.1) is 11.8 Å². The standard InChI is InChI=1S/C17H23F3N2O.ClH/c1-11(2)15(22-16(23)13-6-4-8-21-10-13)12-5-3-7-14(9-12)17(18,19)20;/h3,5,7,9,11,13,15,21H,4,6,8,10H2,1-2H3,(H,22,23);1H. The third-order valence-electron chi connectivity index (χ3n) is 4.21. The van der Waals surface area contributed by atoms with Gasteiger partial charge < -0.3 is 10.6 Å². The van der Waals surface area contributed by atoms with Gasteiger partial charge in [0.15, 0.2) is 0 Å². The van der Waals surface area contributed by atoms with Crippen LogP contribution < -0.4 is 10.6 Å². The highest BCUT2D eigenvalue weighted by molar-refractivity contribution is 5.85. The first-order valence-electron chi connectivity index (χ1n) is 7.97. The molecule has 1 heterocycles. The molecule has 7 heteroatoms. The maximum atomic E-state index is 12.9. The highest BCUT2D eigenvalue weighted by atomic mass is 35.5. The van der Waals surface area contributed by atoms with Crippen molar-refractivity contribution in [2.45, 2.75) is 38.9 Å². The third kappa shape index (κ3) is 5.38. The van der Waals surface area contributed by atoms with Gasteiger partial charge in [0, 0.05) is 6.54 Å². The van der Waals surface area contributed by atoms with Crippen molar-refractivity contribution in [1.82, 2.24) is 10.6 Å². The molecular weight excluding hydrogens is 341 g/mol. The van der Waals surface area contributed by atoms with E-state index in [2.05, 4.69) is 10.6 Å². The highest BCUT2D eigenvalue weighted by Crippen LogP contribution is 2.32. The molecule has 0 aromatic heterocycles. The molecule has 0 saturated carbocycles. The molecule has 1 aromatic rings. The molecule has 136 valence electrons. The van der Waals surface area contributed by atoms with E-state index < -0.39 is 17.8 Å². The predicted octanol–water partition coefficient (Wildman–Crippen LogP) is 3.94. The molecule has 1 aromatic carbocycles. The van der Waals surface area contributed by atoms with E-state index in [-0.39, 0.29) is 30.2 Å². The van der Waals surface area contributed by atoms with Crippen molar-refractivity contribution in [2.24, 2.45) is 11.8 Å². The fraction of sp³-hybridized carbons (Fsp3) is 0.588. The first kappa shape index (κ1) is 20.8.